The van der Waals surface area contributed by atoms with Crippen LogP contribution in [-0.2, 0) is 14.9 Å². The third kappa shape index (κ3) is 4.06. The van der Waals surface area contributed by atoms with E-state index in [1.807, 2.05) is 24.3 Å². The van der Waals surface area contributed by atoms with Crippen molar-refractivity contribution >= 4 is 21.8 Å². The Labute approximate surface area is 143 Å². The Morgan fingerprint density at radius 2 is 1.70 bits per heavy atom. The molecule has 0 bridgehead atoms. The summed E-state index contributed by atoms with van der Waals surface area (Å²) >= 11 is 5.96. The minimum Gasteiger partial charge on any atom is -0.379 e. The van der Waals surface area contributed by atoms with Gasteiger partial charge in [0.2, 0.25) is 0 Å². The Morgan fingerprint density at radius 1 is 1.00 bits per heavy atom. The van der Waals surface area contributed by atoms with Crippen molar-refractivity contribution in [1.82, 2.24) is 8.61 Å². The van der Waals surface area contributed by atoms with E-state index in [0.29, 0.717) is 44.4 Å². The third-order valence-electron chi connectivity index (χ3n) is 4.60. The van der Waals surface area contributed by atoms with Crippen molar-refractivity contribution in [2.45, 2.75) is 25.2 Å². The standard InChI is InChI=1S/C16H23ClN2O3S/c17-16-6-4-14(5-7-16)15-3-1-2-8-19(13-15)23(20,21)18-9-11-22-12-10-18/h4-7,15H,1-3,8-13H2. The lowest BCUT2D eigenvalue weighted by Gasteiger charge is -2.32. The van der Waals surface area contributed by atoms with Gasteiger partial charge in [-0.1, -0.05) is 30.2 Å². The van der Waals surface area contributed by atoms with Crippen molar-refractivity contribution in [3.8, 4) is 0 Å². The van der Waals surface area contributed by atoms with Crippen molar-refractivity contribution in [3.63, 3.8) is 0 Å². The fourth-order valence-corrected chi connectivity index (χ4v) is 5.06. The van der Waals surface area contributed by atoms with Gasteiger partial charge in [-0.25, -0.2) is 0 Å². The van der Waals surface area contributed by atoms with Gasteiger partial charge in [0.15, 0.2) is 0 Å². The molecule has 1 atom stereocenters. The van der Waals surface area contributed by atoms with E-state index in [-0.39, 0.29) is 5.92 Å². The number of halogens is 1. The summed E-state index contributed by atoms with van der Waals surface area (Å²) in [6.45, 7) is 3.00. The molecule has 0 aliphatic carbocycles. The highest BCUT2D eigenvalue weighted by molar-refractivity contribution is 7.86. The van der Waals surface area contributed by atoms with Crippen LogP contribution in [0.5, 0.6) is 0 Å². The first-order valence-corrected chi connectivity index (χ1v) is 9.93. The second kappa shape index (κ2) is 7.49. The second-order valence-corrected chi connectivity index (χ2v) is 8.49. The van der Waals surface area contributed by atoms with Crippen LogP contribution in [0, 0.1) is 0 Å². The van der Waals surface area contributed by atoms with Crippen LogP contribution in [-0.4, -0.2) is 56.4 Å². The summed E-state index contributed by atoms with van der Waals surface area (Å²) < 4.78 is 34.3. The van der Waals surface area contributed by atoms with Gasteiger partial charge in [-0.15, -0.1) is 0 Å². The second-order valence-electron chi connectivity index (χ2n) is 6.12. The van der Waals surface area contributed by atoms with Crippen LogP contribution in [0.15, 0.2) is 24.3 Å². The van der Waals surface area contributed by atoms with Crippen molar-refractivity contribution in [3.05, 3.63) is 34.9 Å². The Morgan fingerprint density at radius 3 is 2.39 bits per heavy atom. The molecule has 2 aliphatic rings. The first-order valence-electron chi connectivity index (χ1n) is 8.16. The highest BCUT2D eigenvalue weighted by Crippen LogP contribution is 2.29. The molecule has 0 spiro atoms. The number of rotatable bonds is 3. The number of morpholine rings is 1. The van der Waals surface area contributed by atoms with Gasteiger partial charge in [0, 0.05) is 31.2 Å². The summed E-state index contributed by atoms with van der Waals surface area (Å²) in [5.41, 5.74) is 1.17. The van der Waals surface area contributed by atoms with Crippen LogP contribution in [0.4, 0.5) is 0 Å². The molecule has 0 radical (unpaired) electrons. The molecule has 23 heavy (non-hydrogen) atoms. The topological polar surface area (TPSA) is 49.9 Å². The van der Waals surface area contributed by atoms with E-state index in [2.05, 4.69) is 0 Å². The van der Waals surface area contributed by atoms with Gasteiger partial charge in [0.1, 0.15) is 0 Å². The van der Waals surface area contributed by atoms with Crippen molar-refractivity contribution in [2.24, 2.45) is 0 Å². The lowest BCUT2D eigenvalue weighted by Crippen LogP contribution is -2.49. The Hall–Kier alpha value is -0.660. The van der Waals surface area contributed by atoms with E-state index >= 15 is 0 Å². The SMILES string of the molecule is O=S(=O)(N1CCOCC1)N1CCCCC(c2ccc(Cl)cc2)C1. The van der Waals surface area contributed by atoms with Crippen molar-refractivity contribution in [1.29, 1.82) is 0 Å². The molecule has 7 heteroatoms. The number of ether oxygens (including phenoxy) is 1. The van der Waals surface area contributed by atoms with Gasteiger partial charge in [0.25, 0.3) is 10.2 Å². The number of hydrogen-bond donors (Lipinski definition) is 0. The molecular formula is C16H23ClN2O3S. The average Bonchev–Trinajstić information content (AvgIpc) is 2.83. The molecular weight excluding hydrogens is 336 g/mol. The summed E-state index contributed by atoms with van der Waals surface area (Å²) in [5, 5.41) is 0.708. The lowest BCUT2D eigenvalue weighted by atomic mass is 9.95. The van der Waals surface area contributed by atoms with E-state index in [1.54, 1.807) is 8.61 Å². The number of benzene rings is 1. The molecule has 128 valence electrons. The van der Waals surface area contributed by atoms with Gasteiger partial charge >= 0.3 is 0 Å². The van der Waals surface area contributed by atoms with Crippen LogP contribution in [0.25, 0.3) is 0 Å². The van der Waals surface area contributed by atoms with E-state index in [1.165, 1.54) is 5.56 Å². The highest BCUT2D eigenvalue weighted by Gasteiger charge is 2.33. The molecule has 1 aromatic carbocycles. The zero-order valence-corrected chi connectivity index (χ0v) is 14.7. The highest BCUT2D eigenvalue weighted by atomic mass is 35.5. The summed E-state index contributed by atoms with van der Waals surface area (Å²) in [7, 11) is -3.40. The summed E-state index contributed by atoms with van der Waals surface area (Å²) in [5.74, 6) is 0.227. The molecule has 2 saturated heterocycles. The van der Waals surface area contributed by atoms with E-state index in [0.717, 1.165) is 19.3 Å². The van der Waals surface area contributed by atoms with Crippen LogP contribution in [0.3, 0.4) is 0 Å². The maximum atomic E-state index is 12.9. The molecule has 2 heterocycles. The van der Waals surface area contributed by atoms with Crippen LogP contribution in [0.1, 0.15) is 30.7 Å². The lowest BCUT2D eigenvalue weighted by molar-refractivity contribution is 0.0701. The summed E-state index contributed by atoms with van der Waals surface area (Å²) in [4.78, 5) is 0. The summed E-state index contributed by atoms with van der Waals surface area (Å²) in [6.07, 6.45) is 2.97. The predicted octanol–water partition coefficient (Wildman–Crippen LogP) is 2.49. The molecule has 0 amide bonds. The molecule has 0 N–H and O–H groups in total. The smallest absolute Gasteiger partial charge is 0.282 e. The van der Waals surface area contributed by atoms with Gasteiger partial charge in [-0.05, 0) is 36.5 Å². The van der Waals surface area contributed by atoms with E-state index in [4.69, 9.17) is 16.3 Å². The molecule has 1 aromatic rings. The van der Waals surface area contributed by atoms with Crippen molar-refractivity contribution in [2.75, 3.05) is 39.4 Å². The normalized spacial score (nSPS) is 25.2. The number of nitrogens with zero attached hydrogens (tertiary/aromatic N) is 2. The Bertz CT molecular complexity index is 615. The maximum absolute atomic E-state index is 12.9. The van der Waals surface area contributed by atoms with Gasteiger partial charge < -0.3 is 4.74 Å². The monoisotopic (exact) mass is 358 g/mol. The minimum absolute atomic E-state index is 0.227. The predicted molar refractivity (Wildman–Crippen MR) is 90.9 cm³/mol. The van der Waals surface area contributed by atoms with Crippen LogP contribution >= 0.6 is 11.6 Å². The number of hydrogen-bond acceptors (Lipinski definition) is 3. The molecule has 0 aromatic heterocycles. The average molecular weight is 359 g/mol. The molecule has 2 aliphatic heterocycles. The zero-order chi connectivity index (χ0) is 16.3. The van der Waals surface area contributed by atoms with E-state index < -0.39 is 10.2 Å². The van der Waals surface area contributed by atoms with E-state index in [9.17, 15) is 8.42 Å². The fraction of sp³-hybridized carbons (Fsp3) is 0.625. The summed E-state index contributed by atoms with van der Waals surface area (Å²) in [6, 6.07) is 7.78. The van der Waals surface area contributed by atoms with Crippen LogP contribution in [0.2, 0.25) is 5.02 Å². The van der Waals surface area contributed by atoms with Gasteiger partial charge in [-0.2, -0.15) is 17.0 Å². The Kier molecular flexibility index (Phi) is 5.59. The van der Waals surface area contributed by atoms with Crippen molar-refractivity contribution < 1.29 is 13.2 Å². The van der Waals surface area contributed by atoms with Crippen LogP contribution < -0.4 is 0 Å². The molecule has 2 fully saturated rings. The first-order chi connectivity index (χ1) is 11.1. The Balaban J connectivity index is 1.77. The van der Waals surface area contributed by atoms with Gasteiger partial charge in [-0.3, -0.25) is 0 Å². The molecule has 0 saturated carbocycles. The largest absolute Gasteiger partial charge is 0.379 e. The maximum Gasteiger partial charge on any atom is 0.282 e. The fourth-order valence-electron chi connectivity index (χ4n) is 3.26. The zero-order valence-electron chi connectivity index (χ0n) is 13.2. The molecule has 3 rings (SSSR count). The molecule has 1 unspecified atom stereocenters. The minimum atomic E-state index is -3.40. The molecule has 5 nitrogen and oxygen atoms in total. The quantitative estimate of drug-likeness (QED) is 0.834. The van der Waals surface area contributed by atoms with Gasteiger partial charge in [0.05, 0.1) is 13.2 Å². The third-order valence-corrected chi connectivity index (χ3v) is 6.85. The first kappa shape index (κ1) is 17.2.